The molecule has 1 aromatic rings. The third-order valence-electron chi connectivity index (χ3n) is 4.57. The minimum atomic E-state index is 0.235. The van der Waals surface area contributed by atoms with Crippen LogP contribution in [0.3, 0.4) is 0 Å². The van der Waals surface area contributed by atoms with Crippen molar-refractivity contribution in [2.24, 2.45) is 0 Å². The van der Waals surface area contributed by atoms with Crippen molar-refractivity contribution in [1.82, 2.24) is 10.2 Å². The molecular formula is C18H30N2. The van der Waals surface area contributed by atoms with Gasteiger partial charge in [0.2, 0.25) is 0 Å². The Morgan fingerprint density at radius 1 is 1.15 bits per heavy atom. The zero-order valence-electron chi connectivity index (χ0n) is 13.9. The molecule has 0 aromatic heterocycles. The van der Waals surface area contributed by atoms with Crippen LogP contribution in [-0.2, 0) is 5.41 Å². The quantitative estimate of drug-likeness (QED) is 0.884. The summed E-state index contributed by atoms with van der Waals surface area (Å²) >= 11 is 0. The molecule has 1 aliphatic rings. The summed E-state index contributed by atoms with van der Waals surface area (Å²) in [6.45, 7) is 15.9. The van der Waals surface area contributed by atoms with Crippen molar-refractivity contribution in [2.75, 3.05) is 13.1 Å². The van der Waals surface area contributed by atoms with E-state index in [1.54, 1.807) is 0 Å². The van der Waals surface area contributed by atoms with Gasteiger partial charge in [-0.2, -0.15) is 0 Å². The molecule has 2 heteroatoms. The highest BCUT2D eigenvalue weighted by molar-refractivity contribution is 5.29. The van der Waals surface area contributed by atoms with Crippen molar-refractivity contribution in [3.05, 3.63) is 35.4 Å². The van der Waals surface area contributed by atoms with Crippen LogP contribution >= 0.6 is 0 Å². The van der Waals surface area contributed by atoms with E-state index >= 15 is 0 Å². The van der Waals surface area contributed by atoms with Gasteiger partial charge in [0.1, 0.15) is 0 Å². The maximum Gasteiger partial charge on any atom is 0.0323 e. The molecule has 2 rings (SSSR count). The average Bonchev–Trinajstić information content (AvgIpc) is 2.40. The van der Waals surface area contributed by atoms with Gasteiger partial charge < -0.3 is 5.32 Å². The van der Waals surface area contributed by atoms with Crippen LogP contribution in [0.4, 0.5) is 0 Å². The Kier molecular flexibility index (Phi) is 4.55. The van der Waals surface area contributed by atoms with Crippen LogP contribution < -0.4 is 5.32 Å². The monoisotopic (exact) mass is 274 g/mol. The summed E-state index contributed by atoms with van der Waals surface area (Å²) < 4.78 is 0. The first-order valence-corrected chi connectivity index (χ1v) is 7.88. The van der Waals surface area contributed by atoms with Gasteiger partial charge in [-0.05, 0) is 37.3 Å². The van der Waals surface area contributed by atoms with Crippen molar-refractivity contribution in [3.8, 4) is 0 Å². The van der Waals surface area contributed by atoms with Gasteiger partial charge in [0.15, 0.2) is 0 Å². The van der Waals surface area contributed by atoms with E-state index in [-0.39, 0.29) is 5.41 Å². The molecule has 1 saturated heterocycles. The highest BCUT2D eigenvalue weighted by atomic mass is 15.2. The van der Waals surface area contributed by atoms with Crippen LogP contribution in [-0.4, -0.2) is 30.1 Å². The van der Waals surface area contributed by atoms with E-state index in [0.29, 0.717) is 18.1 Å². The fourth-order valence-corrected chi connectivity index (χ4v) is 3.04. The molecule has 1 aromatic carbocycles. The van der Waals surface area contributed by atoms with Crippen molar-refractivity contribution in [3.63, 3.8) is 0 Å². The molecule has 0 aliphatic carbocycles. The number of nitrogens with zero attached hydrogens (tertiary/aromatic N) is 1. The van der Waals surface area contributed by atoms with Crippen LogP contribution in [0.1, 0.15) is 58.7 Å². The summed E-state index contributed by atoms with van der Waals surface area (Å²) in [5.74, 6) is 0. The second-order valence-electron chi connectivity index (χ2n) is 7.40. The van der Waals surface area contributed by atoms with E-state index in [4.69, 9.17) is 0 Å². The number of piperazine rings is 1. The zero-order valence-corrected chi connectivity index (χ0v) is 13.9. The molecular weight excluding hydrogens is 244 g/mol. The zero-order chi connectivity index (χ0) is 14.9. The van der Waals surface area contributed by atoms with Crippen LogP contribution in [0.15, 0.2) is 24.3 Å². The van der Waals surface area contributed by atoms with Gasteiger partial charge in [0, 0.05) is 31.2 Å². The normalized spacial score (nSPS) is 26.5. The Morgan fingerprint density at radius 2 is 1.75 bits per heavy atom. The number of benzene rings is 1. The highest BCUT2D eigenvalue weighted by Gasteiger charge is 2.27. The van der Waals surface area contributed by atoms with Gasteiger partial charge in [-0.25, -0.2) is 0 Å². The van der Waals surface area contributed by atoms with E-state index in [9.17, 15) is 0 Å². The largest absolute Gasteiger partial charge is 0.311 e. The van der Waals surface area contributed by atoms with Crippen LogP contribution in [0.2, 0.25) is 0 Å². The maximum atomic E-state index is 3.56. The lowest BCUT2D eigenvalue weighted by Crippen LogP contribution is -2.54. The van der Waals surface area contributed by atoms with E-state index in [2.05, 4.69) is 76.0 Å². The fraction of sp³-hybridized carbons (Fsp3) is 0.667. The van der Waals surface area contributed by atoms with Crippen LogP contribution in [0.25, 0.3) is 0 Å². The summed E-state index contributed by atoms with van der Waals surface area (Å²) in [4.78, 5) is 2.62. The van der Waals surface area contributed by atoms with E-state index in [1.165, 1.54) is 11.1 Å². The minimum absolute atomic E-state index is 0.235. The van der Waals surface area contributed by atoms with Crippen molar-refractivity contribution >= 4 is 0 Å². The smallest absolute Gasteiger partial charge is 0.0323 e. The number of nitrogens with one attached hydrogen (secondary N) is 1. The van der Waals surface area contributed by atoms with Gasteiger partial charge in [0.25, 0.3) is 0 Å². The number of hydrogen-bond donors (Lipinski definition) is 1. The predicted octanol–water partition coefficient (Wildman–Crippen LogP) is 3.73. The summed E-state index contributed by atoms with van der Waals surface area (Å²) in [6, 6.07) is 10.9. The Balaban J connectivity index is 2.14. The second kappa shape index (κ2) is 5.87. The summed E-state index contributed by atoms with van der Waals surface area (Å²) in [7, 11) is 0. The Morgan fingerprint density at radius 3 is 2.30 bits per heavy atom. The molecule has 0 saturated carbocycles. The first-order chi connectivity index (χ1) is 9.29. The molecule has 1 aliphatic heterocycles. The van der Waals surface area contributed by atoms with Crippen LogP contribution in [0.5, 0.6) is 0 Å². The Hall–Kier alpha value is -0.860. The fourth-order valence-electron chi connectivity index (χ4n) is 3.04. The first-order valence-electron chi connectivity index (χ1n) is 7.88. The van der Waals surface area contributed by atoms with Crippen molar-refractivity contribution in [2.45, 2.75) is 65.1 Å². The van der Waals surface area contributed by atoms with Crippen molar-refractivity contribution < 1.29 is 0 Å². The van der Waals surface area contributed by atoms with Gasteiger partial charge >= 0.3 is 0 Å². The molecule has 112 valence electrons. The molecule has 0 radical (unpaired) electrons. The molecule has 3 atom stereocenters. The number of rotatable bonds is 2. The molecule has 3 unspecified atom stereocenters. The predicted molar refractivity (Wildman–Crippen MR) is 87.2 cm³/mol. The Bertz CT molecular complexity index is 430. The molecule has 1 N–H and O–H groups in total. The lowest BCUT2D eigenvalue weighted by molar-refractivity contribution is 0.103. The van der Waals surface area contributed by atoms with Gasteiger partial charge in [0.05, 0.1) is 0 Å². The number of hydrogen-bond acceptors (Lipinski definition) is 2. The third kappa shape index (κ3) is 3.42. The first kappa shape index (κ1) is 15.5. The maximum absolute atomic E-state index is 3.56. The summed E-state index contributed by atoms with van der Waals surface area (Å²) in [6.07, 6.45) is 0. The van der Waals surface area contributed by atoms with E-state index in [1.807, 2.05) is 0 Å². The SMILES string of the molecule is CC1CN(C(C)c2ccc(C(C)(C)C)cc2)C(C)CN1. The molecule has 1 heterocycles. The lowest BCUT2D eigenvalue weighted by atomic mass is 9.86. The Labute approximate surface area is 124 Å². The molecule has 0 bridgehead atoms. The van der Waals surface area contributed by atoms with Gasteiger partial charge in [-0.3, -0.25) is 4.90 Å². The lowest BCUT2D eigenvalue weighted by Gasteiger charge is -2.41. The topological polar surface area (TPSA) is 15.3 Å². The van der Waals surface area contributed by atoms with E-state index in [0.717, 1.165) is 13.1 Å². The van der Waals surface area contributed by atoms with Crippen LogP contribution in [0, 0.1) is 0 Å². The molecule has 20 heavy (non-hydrogen) atoms. The molecule has 0 spiro atoms. The molecule has 0 amide bonds. The average molecular weight is 274 g/mol. The highest BCUT2D eigenvalue weighted by Crippen LogP contribution is 2.27. The standard InChI is InChI=1S/C18H30N2/c1-13-12-20(14(2)11-19-13)15(3)16-7-9-17(10-8-16)18(4,5)6/h7-10,13-15,19H,11-12H2,1-6H3. The minimum Gasteiger partial charge on any atom is -0.311 e. The van der Waals surface area contributed by atoms with Gasteiger partial charge in [-0.1, -0.05) is 45.0 Å². The summed E-state index contributed by atoms with van der Waals surface area (Å²) in [5.41, 5.74) is 3.08. The third-order valence-corrected chi connectivity index (χ3v) is 4.57. The molecule has 2 nitrogen and oxygen atoms in total. The molecule has 1 fully saturated rings. The second-order valence-corrected chi connectivity index (χ2v) is 7.40. The van der Waals surface area contributed by atoms with Crippen molar-refractivity contribution in [1.29, 1.82) is 0 Å². The van der Waals surface area contributed by atoms with Gasteiger partial charge in [-0.15, -0.1) is 0 Å². The summed E-state index contributed by atoms with van der Waals surface area (Å²) in [5, 5.41) is 3.56. The van der Waals surface area contributed by atoms with E-state index < -0.39 is 0 Å².